The fraction of sp³-hybridized carbons (Fsp3) is 0.286. The van der Waals surface area contributed by atoms with Gasteiger partial charge in [-0.2, -0.15) is 5.10 Å². The summed E-state index contributed by atoms with van der Waals surface area (Å²) in [5.41, 5.74) is 7.43. The van der Waals surface area contributed by atoms with Crippen LogP contribution in [0.15, 0.2) is 42.5 Å². The molecule has 1 heterocycles. The fourth-order valence-corrected chi connectivity index (χ4v) is 3.01. The van der Waals surface area contributed by atoms with Crippen molar-refractivity contribution < 1.29 is 14.3 Å². The maximum absolute atomic E-state index is 12.2. The lowest BCUT2D eigenvalue weighted by atomic mass is 10.1. The molecule has 0 saturated heterocycles. The second-order valence-corrected chi connectivity index (χ2v) is 6.76. The molecule has 2 aromatic carbocycles. The van der Waals surface area contributed by atoms with Gasteiger partial charge in [-0.3, -0.25) is 25.1 Å². The summed E-state index contributed by atoms with van der Waals surface area (Å²) in [6, 6.07) is 13.5. The van der Waals surface area contributed by atoms with Gasteiger partial charge in [-0.05, 0) is 43.7 Å². The number of hydrogen-bond donors (Lipinski definition) is 2. The standard InChI is InChI=1S/C21H24N4O3/c1-13-19(14(2)25(4)24-13)12-20(26)22-23-21(27)15(3)28-18-10-9-16-7-5-6-8-17(16)11-18/h5-11,15H,12H2,1-4H3,(H,22,26)(H,23,27). The molecule has 28 heavy (non-hydrogen) atoms. The molecule has 7 heteroatoms. The highest BCUT2D eigenvalue weighted by atomic mass is 16.5. The predicted molar refractivity (Wildman–Crippen MR) is 107 cm³/mol. The molecule has 3 aromatic rings. The van der Waals surface area contributed by atoms with Gasteiger partial charge in [0.25, 0.3) is 5.91 Å². The van der Waals surface area contributed by atoms with Gasteiger partial charge in [0.05, 0.1) is 12.1 Å². The third-order valence-electron chi connectivity index (χ3n) is 4.72. The molecular weight excluding hydrogens is 356 g/mol. The topological polar surface area (TPSA) is 85.3 Å². The van der Waals surface area contributed by atoms with E-state index in [0.717, 1.165) is 27.7 Å². The van der Waals surface area contributed by atoms with E-state index in [0.29, 0.717) is 5.75 Å². The van der Waals surface area contributed by atoms with E-state index < -0.39 is 12.0 Å². The molecule has 146 valence electrons. The van der Waals surface area contributed by atoms with Crippen LogP contribution in [-0.4, -0.2) is 27.7 Å². The number of carbonyl (C=O) groups is 2. The van der Waals surface area contributed by atoms with Gasteiger partial charge in [0.15, 0.2) is 6.10 Å². The van der Waals surface area contributed by atoms with Crippen LogP contribution in [0.3, 0.4) is 0 Å². The van der Waals surface area contributed by atoms with Crippen LogP contribution < -0.4 is 15.6 Å². The number of fused-ring (bicyclic) bond motifs is 1. The van der Waals surface area contributed by atoms with Crippen molar-refractivity contribution in [2.75, 3.05) is 0 Å². The van der Waals surface area contributed by atoms with Gasteiger partial charge in [0, 0.05) is 18.3 Å². The molecule has 0 aliphatic heterocycles. The number of benzene rings is 2. The van der Waals surface area contributed by atoms with Crippen molar-refractivity contribution in [1.82, 2.24) is 20.6 Å². The second kappa shape index (κ2) is 8.12. The normalized spacial score (nSPS) is 11.9. The molecule has 0 aliphatic carbocycles. The van der Waals surface area contributed by atoms with Gasteiger partial charge >= 0.3 is 0 Å². The highest BCUT2D eigenvalue weighted by Crippen LogP contribution is 2.21. The Morgan fingerprint density at radius 1 is 1.11 bits per heavy atom. The average Bonchev–Trinajstić information content (AvgIpc) is 2.92. The molecule has 0 fully saturated rings. The molecule has 7 nitrogen and oxygen atoms in total. The Hall–Kier alpha value is -3.35. The van der Waals surface area contributed by atoms with E-state index >= 15 is 0 Å². The highest BCUT2D eigenvalue weighted by Gasteiger charge is 2.17. The Morgan fingerprint density at radius 2 is 1.82 bits per heavy atom. The zero-order valence-corrected chi connectivity index (χ0v) is 16.4. The van der Waals surface area contributed by atoms with Crippen LogP contribution in [0.2, 0.25) is 0 Å². The van der Waals surface area contributed by atoms with Crippen LogP contribution in [0, 0.1) is 13.8 Å². The lowest BCUT2D eigenvalue weighted by Crippen LogP contribution is -2.47. The number of nitrogens with zero attached hydrogens (tertiary/aromatic N) is 2. The Kier molecular flexibility index (Phi) is 5.63. The number of ether oxygens (including phenoxy) is 1. The minimum absolute atomic E-state index is 0.145. The first kappa shape index (κ1) is 19.4. The summed E-state index contributed by atoms with van der Waals surface area (Å²) >= 11 is 0. The SMILES string of the molecule is Cc1nn(C)c(C)c1CC(=O)NNC(=O)C(C)Oc1ccc2ccccc2c1. The smallest absolute Gasteiger partial charge is 0.279 e. The number of nitrogens with one attached hydrogen (secondary N) is 2. The van der Waals surface area contributed by atoms with Gasteiger partial charge in [-0.15, -0.1) is 0 Å². The monoisotopic (exact) mass is 380 g/mol. The summed E-state index contributed by atoms with van der Waals surface area (Å²) in [5, 5.41) is 6.41. The van der Waals surface area contributed by atoms with E-state index in [-0.39, 0.29) is 12.3 Å². The molecular formula is C21H24N4O3. The minimum atomic E-state index is -0.761. The van der Waals surface area contributed by atoms with Crippen LogP contribution in [-0.2, 0) is 23.1 Å². The first-order valence-electron chi connectivity index (χ1n) is 9.08. The maximum Gasteiger partial charge on any atom is 0.279 e. The largest absolute Gasteiger partial charge is 0.481 e. The Bertz CT molecular complexity index is 1030. The van der Waals surface area contributed by atoms with Crippen molar-refractivity contribution >= 4 is 22.6 Å². The van der Waals surface area contributed by atoms with Crippen LogP contribution in [0.25, 0.3) is 10.8 Å². The van der Waals surface area contributed by atoms with Crippen molar-refractivity contribution in [1.29, 1.82) is 0 Å². The average molecular weight is 380 g/mol. The number of hydrogen-bond acceptors (Lipinski definition) is 4. The zero-order chi connectivity index (χ0) is 20.3. The van der Waals surface area contributed by atoms with E-state index in [1.807, 2.05) is 63.4 Å². The predicted octanol–water partition coefficient (Wildman–Crippen LogP) is 2.35. The van der Waals surface area contributed by atoms with E-state index in [1.54, 1.807) is 11.6 Å². The first-order valence-corrected chi connectivity index (χ1v) is 9.08. The van der Waals surface area contributed by atoms with Crippen LogP contribution in [0.5, 0.6) is 5.75 Å². The number of carbonyl (C=O) groups excluding carboxylic acids is 2. The van der Waals surface area contributed by atoms with Gasteiger partial charge in [0.2, 0.25) is 5.91 Å². The van der Waals surface area contributed by atoms with Crippen molar-refractivity contribution in [2.24, 2.45) is 7.05 Å². The van der Waals surface area contributed by atoms with Crippen molar-refractivity contribution in [3.8, 4) is 5.75 Å². The quantitative estimate of drug-likeness (QED) is 0.666. The summed E-state index contributed by atoms with van der Waals surface area (Å²) in [5.74, 6) is -0.152. The molecule has 0 aliphatic rings. The molecule has 0 spiro atoms. The lowest BCUT2D eigenvalue weighted by Gasteiger charge is -2.15. The molecule has 3 rings (SSSR count). The van der Waals surface area contributed by atoms with E-state index in [4.69, 9.17) is 4.74 Å². The summed E-state index contributed by atoms with van der Waals surface area (Å²) in [6.45, 7) is 5.39. The first-order chi connectivity index (χ1) is 13.3. The van der Waals surface area contributed by atoms with Gasteiger partial charge in [-0.1, -0.05) is 30.3 Å². The summed E-state index contributed by atoms with van der Waals surface area (Å²) in [7, 11) is 1.83. The number of hydrazine groups is 1. The Balaban J connectivity index is 1.54. The minimum Gasteiger partial charge on any atom is -0.481 e. The van der Waals surface area contributed by atoms with Crippen LogP contribution in [0.4, 0.5) is 0 Å². The number of rotatable bonds is 5. The Morgan fingerprint density at radius 3 is 2.50 bits per heavy atom. The molecule has 1 atom stereocenters. The maximum atomic E-state index is 12.2. The van der Waals surface area contributed by atoms with Crippen molar-refractivity contribution in [3.05, 3.63) is 59.4 Å². The number of amides is 2. The third kappa shape index (κ3) is 4.31. The Labute approximate surface area is 163 Å². The molecule has 1 unspecified atom stereocenters. The second-order valence-electron chi connectivity index (χ2n) is 6.76. The van der Waals surface area contributed by atoms with Crippen molar-refractivity contribution in [2.45, 2.75) is 33.3 Å². The number of aromatic nitrogens is 2. The summed E-state index contributed by atoms with van der Waals surface area (Å²) in [4.78, 5) is 24.4. The van der Waals surface area contributed by atoms with Crippen LogP contribution in [0.1, 0.15) is 23.9 Å². The van der Waals surface area contributed by atoms with Gasteiger partial charge < -0.3 is 4.74 Å². The number of aryl methyl sites for hydroxylation is 2. The van der Waals surface area contributed by atoms with Crippen molar-refractivity contribution in [3.63, 3.8) is 0 Å². The molecule has 1 aromatic heterocycles. The van der Waals surface area contributed by atoms with Gasteiger partial charge in [-0.25, -0.2) is 0 Å². The molecule has 2 amide bonds. The van der Waals surface area contributed by atoms with E-state index in [1.165, 1.54) is 0 Å². The summed E-state index contributed by atoms with van der Waals surface area (Å²) < 4.78 is 7.43. The van der Waals surface area contributed by atoms with Crippen LogP contribution >= 0.6 is 0 Å². The zero-order valence-electron chi connectivity index (χ0n) is 16.4. The summed E-state index contributed by atoms with van der Waals surface area (Å²) in [6.07, 6.45) is -0.616. The molecule has 0 bridgehead atoms. The van der Waals surface area contributed by atoms with E-state index in [9.17, 15) is 9.59 Å². The molecule has 2 N–H and O–H groups in total. The lowest BCUT2D eigenvalue weighted by molar-refractivity contribution is -0.132. The molecule has 0 saturated carbocycles. The highest BCUT2D eigenvalue weighted by molar-refractivity contribution is 5.86. The van der Waals surface area contributed by atoms with Gasteiger partial charge in [0.1, 0.15) is 5.75 Å². The van der Waals surface area contributed by atoms with E-state index in [2.05, 4.69) is 16.0 Å². The third-order valence-corrected chi connectivity index (χ3v) is 4.72. The molecule has 0 radical (unpaired) electrons. The fourth-order valence-electron chi connectivity index (χ4n) is 3.01.